The van der Waals surface area contributed by atoms with Crippen molar-refractivity contribution in [2.45, 2.75) is 38.2 Å². The molecule has 0 unspecified atom stereocenters. The summed E-state index contributed by atoms with van der Waals surface area (Å²) < 4.78 is 11.1. The first kappa shape index (κ1) is 19.2. The van der Waals surface area contributed by atoms with E-state index in [1.165, 1.54) is 17.3 Å². The number of carbonyl (C=O) groups excluding carboxylic acids is 1. The van der Waals surface area contributed by atoms with Crippen molar-refractivity contribution in [2.75, 3.05) is 6.61 Å². The SMILES string of the molecule is CCOc1ccc(-c2nnc(S[C@H](C)C(=O)c3ccc(C)c(C)c3)o2)cc1. The Kier molecular flexibility index (Phi) is 5.96. The standard InChI is InChI=1S/C21H22N2O3S/c1-5-25-18-10-8-16(9-11-18)20-22-23-21(26-20)27-15(4)19(24)17-7-6-13(2)14(3)12-17/h6-12,15H,5H2,1-4H3/t15-/m1/s1. The molecule has 0 aliphatic rings. The fourth-order valence-corrected chi connectivity index (χ4v) is 3.33. The van der Waals surface area contributed by atoms with Gasteiger partial charge in [-0.25, -0.2) is 0 Å². The maximum absolute atomic E-state index is 12.7. The number of aryl methyl sites for hydroxylation is 2. The highest BCUT2D eigenvalue weighted by Crippen LogP contribution is 2.28. The van der Waals surface area contributed by atoms with Gasteiger partial charge >= 0.3 is 0 Å². The lowest BCUT2D eigenvalue weighted by atomic mass is 10.0. The third-order valence-electron chi connectivity index (χ3n) is 4.26. The van der Waals surface area contributed by atoms with Crippen LogP contribution >= 0.6 is 11.8 Å². The average molecular weight is 382 g/mol. The molecule has 6 heteroatoms. The van der Waals surface area contributed by atoms with Crippen LogP contribution in [0.5, 0.6) is 5.75 Å². The lowest BCUT2D eigenvalue weighted by Crippen LogP contribution is -2.13. The van der Waals surface area contributed by atoms with Gasteiger partial charge in [0.05, 0.1) is 11.9 Å². The lowest BCUT2D eigenvalue weighted by molar-refractivity contribution is 0.0993. The van der Waals surface area contributed by atoms with Crippen molar-refractivity contribution in [3.8, 4) is 17.2 Å². The van der Waals surface area contributed by atoms with Crippen molar-refractivity contribution in [3.05, 3.63) is 59.2 Å². The lowest BCUT2D eigenvalue weighted by Gasteiger charge is -2.09. The van der Waals surface area contributed by atoms with Gasteiger partial charge in [0.2, 0.25) is 5.89 Å². The minimum absolute atomic E-state index is 0.0453. The molecule has 0 amide bonds. The first-order valence-corrected chi connectivity index (χ1v) is 9.70. The molecule has 0 spiro atoms. The summed E-state index contributed by atoms with van der Waals surface area (Å²) >= 11 is 1.27. The van der Waals surface area contributed by atoms with E-state index in [1.54, 1.807) is 0 Å². The van der Waals surface area contributed by atoms with Gasteiger partial charge in [-0.15, -0.1) is 10.2 Å². The van der Waals surface area contributed by atoms with E-state index in [4.69, 9.17) is 9.15 Å². The number of hydrogen-bond donors (Lipinski definition) is 0. The van der Waals surface area contributed by atoms with E-state index in [1.807, 2.05) is 70.2 Å². The summed E-state index contributed by atoms with van der Waals surface area (Å²) in [6.45, 7) is 8.44. The van der Waals surface area contributed by atoms with Crippen LogP contribution in [0.3, 0.4) is 0 Å². The van der Waals surface area contributed by atoms with E-state index in [2.05, 4.69) is 10.2 Å². The molecule has 3 aromatic rings. The third kappa shape index (κ3) is 4.57. The molecular formula is C21H22N2O3S. The maximum atomic E-state index is 12.7. The molecule has 0 aliphatic heterocycles. The molecular weight excluding hydrogens is 360 g/mol. The summed E-state index contributed by atoms with van der Waals surface area (Å²) in [7, 11) is 0. The van der Waals surface area contributed by atoms with E-state index < -0.39 is 0 Å². The molecule has 0 N–H and O–H groups in total. The summed E-state index contributed by atoms with van der Waals surface area (Å²) in [6.07, 6.45) is 0. The fraction of sp³-hybridized carbons (Fsp3) is 0.286. The Morgan fingerprint density at radius 1 is 1.11 bits per heavy atom. The van der Waals surface area contributed by atoms with E-state index >= 15 is 0 Å². The highest BCUT2D eigenvalue weighted by molar-refractivity contribution is 8.00. The molecule has 3 rings (SSSR count). The Morgan fingerprint density at radius 2 is 1.85 bits per heavy atom. The van der Waals surface area contributed by atoms with Crippen LogP contribution in [0, 0.1) is 13.8 Å². The van der Waals surface area contributed by atoms with Crippen molar-refractivity contribution in [2.24, 2.45) is 0 Å². The van der Waals surface area contributed by atoms with Gasteiger partial charge in [0.15, 0.2) is 5.78 Å². The molecule has 0 bridgehead atoms. The fourth-order valence-electron chi connectivity index (χ4n) is 2.57. The second-order valence-corrected chi connectivity index (χ2v) is 7.55. The summed E-state index contributed by atoms with van der Waals surface area (Å²) in [5.74, 6) is 1.26. The maximum Gasteiger partial charge on any atom is 0.277 e. The Bertz CT molecular complexity index is 935. The molecule has 2 aromatic carbocycles. The van der Waals surface area contributed by atoms with Crippen LogP contribution in [-0.2, 0) is 0 Å². The van der Waals surface area contributed by atoms with E-state index in [9.17, 15) is 4.79 Å². The zero-order valence-electron chi connectivity index (χ0n) is 15.9. The summed E-state index contributed by atoms with van der Waals surface area (Å²) in [5, 5.41) is 8.20. The van der Waals surface area contributed by atoms with Crippen LogP contribution in [0.25, 0.3) is 11.5 Å². The Morgan fingerprint density at radius 3 is 2.52 bits per heavy atom. The number of benzene rings is 2. The number of carbonyl (C=O) groups is 1. The van der Waals surface area contributed by atoms with E-state index in [0.717, 1.165) is 16.9 Å². The van der Waals surface area contributed by atoms with Gasteiger partial charge in [0.1, 0.15) is 5.75 Å². The molecule has 27 heavy (non-hydrogen) atoms. The van der Waals surface area contributed by atoms with Crippen molar-refractivity contribution in [1.82, 2.24) is 10.2 Å². The summed E-state index contributed by atoms with van der Waals surface area (Å²) in [5.41, 5.74) is 3.78. The van der Waals surface area contributed by atoms with Gasteiger partial charge in [-0.1, -0.05) is 23.9 Å². The van der Waals surface area contributed by atoms with Crippen LogP contribution in [0.1, 0.15) is 35.3 Å². The van der Waals surface area contributed by atoms with Crippen LogP contribution < -0.4 is 4.74 Å². The number of hydrogen-bond acceptors (Lipinski definition) is 6. The van der Waals surface area contributed by atoms with Crippen molar-refractivity contribution in [3.63, 3.8) is 0 Å². The summed E-state index contributed by atoms with van der Waals surface area (Å²) in [4.78, 5) is 12.7. The van der Waals surface area contributed by atoms with Gasteiger partial charge in [-0.05, 0) is 69.2 Å². The van der Waals surface area contributed by atoms with Crippen LogP contribution in [0.4, 0.5) is 0 Å². The molecule has 1 heterocycles. The molecule has 1 aromatic heterocycles. The zero-order chi connectivity index (χ0) is 19.4. The predicted molar refractivity (Wildman–Crippen MR) is 106 cm³/mol. The Balaban J connectivity index is 1.69. The van der Waals surface area contributed by atoms with E-state index in [0.29, 0.717) is 23.3 Å². The number of Topliss-reactive ketones (excluding diaryl/α,β-unsaturated/α-hetero) is 1. The van der Waals surface area contributed by atoms with Gasteiger partial charge < -0.3 is 9.15 Å². The van der Waals surface area contributed by atoms with Gasteiger partial charge in [-0.2, -0.15) is 0 Å². The van der Waals surface area contributed by atoms with Crippen LogP contribution in [0.15, 0.2) is 52.1 Å². The topological polar surface area (TPSA) is 65.2 Å². The van der Waals surface area contributed by atoms with Crippen molar-refractivity contribution < 1.29 is 13.9 Å². The molecule has 0 radical (unpaired) electrons. The van der Waals surface area contributed by atoms with Crippen molar-refractivity contribution in [1.29, 1.82) is 0 Å². The number of rotatable bonds is 7. The molecule has 0 saturated heterocycles. The zero-order valence-corrected chi connectivity index (χ0v) is 16.7. The number of thioether (sulfide) groups is 1. The quantitative estimate of drug-likeness (QED) is 0.418. The number of aromatic nitrogens is 2. The Hall–Kier alpha value is -2.60. The van der Waals surface area contributed by atoms with Gasteiger partial charge in [0, 0.05) is 11.1 Å². The summed E-state index contributed by atoms with van der Waals surface area (Å²) in [6, 6.07) is 13.2. The molecule has 0 aliphatic carbocycles. The van der Waals surface area contributed by atoms with Crippen LogP contribution in [0.2, 0.25) is 0 Å². The monoisotopic (exact) mass is 382 g/mol. The van der Waals surface area contributed by atoms with Crippen LogP contribution in [-0.4, -0.2) is 27.8 Å². The first-order valence-electron chi connectivity index (χ1n) is 8.82. The Labute approximate surface area is 163 Å². The minimum atomic E-state index is -0.319. The number of nitrogens with zero attached hydrogens (tertiary/aromatic N) is 2. The molecule has 0 saturated carbocycles. The molecule has 140 valence electrons. The second kappa shape index (κ2) is 8.39. The third-order valence-corrected chi connectivity index (χ3v) is 5.19. The average Bonchev–Trinajstić information content (AvgIpc) is 3.12. The molecule has 5 nitrogen and oxygen atoms in total. The largest absolute Gasteiger partial charge is 0.494 e. The second-order valence-electron chi connectivity index (χ2n) is 6.25. The van der Waals surface area contributed by atoms with E-state index in [-0.39, 0.29) is 11.0 Å². The predicted octanol–water partition coefficient (Wildman–Crippen LogP) is 5.12. The van der Waals surface area contributed by atoms with Crippen molar-refractivity contribution >= 4 is 17.5 Å². The number of ether oxygens (including phenoxy) is 1. The minimum Gasteiger partial charge on any atom is -0.494 e. The van der Waals surface area contributed by atoms with Gasteiger partial charge in [0.25, 0.3) is 5.22 Å². The number of ketones is 1. The smallest absolute Gasteiger partial charge is 0.277 e. The normalized spacial score (nSPS) is 12.0. The molecule has 0 fully saturated rings. The first-order chi connectivity index (χ1) is 13.0. The van der Waals surface area contributed by atoms with Gasteiger partial charge in [-0.3, -0.25) is 4.79 Å². The highest BCUT2D eigenvalue weighted by Gasteiger charge is 2.20. The molecule has 1 atom stereocenters. The highest BCUT2D eigenvalue weighted by atomic mass is 32.2.